The summed E-state index contributed by atoms with van der Waals surface area (Å²) in [7, 11) is -18.0. The molecule has 0 N–H and O–H groups in total. The van der Waals surface area contributed by atoms with Gasteiger partial charge in [0, 0.05) is 0 Å². The molecule has 0 aromatic carbocycles. The summed E-state index contributed by atoms with van der Waals surface area (Å²) in [6.45, 7) is 0.495. The van der Waals surface area contributed by atoms with Gasteiger partial charge in [-0.1, -0.05) is 6.42 Å². The van der Waals surface area contributed by atoms with Gasteiger partial charge in [-0.25, -0.2) is 8.37 Å². The molecular formula is C8H18O12S4. The van der Waals surface area contributed by atoms with E-state index in [4.69, 9.17) is 0 Å². The summed E-state index contributed by atoms with van der Waals surface area (Å²) in [6, 6.07) is 0. The minimum absolute atomic E-state index is 0.0284. The van der Waals surface area contributed by atoms with E-state index in [1.807, 2.05) is 0 Å². The number of hydrogen-bond acceptors (Lipinski definition) is 12. The van der Waals surface area contributed by atoms with E-state index in [1.165, 1.54) is 6.92 Å². The van der Waals surface area contributed by atoms with Crippen LogP contribution in [0.15, 0.2) is 0 Å². The standard InChI is InChI=1S/C8H18O12S4/c1-3-17-23(13,14)20-24(15,16)18-7-5-4-6-8-22(11,12)19-21(2,9)10/h3-8H2,1-2H3. The summed E-state index contributed by atoms with van der Waals surface area (Å²) in [5, 5.41) is 0. The molecule has 0 heterocycles. The largest absolute Gasteiger partial charge is 0.416 e. The maximum absolute atomic E-state index is 11.2. The van der Waals surface area contributed by atoms with Gasteiger partial charge in [0.15, 0.2) is 0 Å². The van der Waals surface area contributed by atoms with E-state index in [1.54, 1.807) is 0 Å². The zero-order valence-corrected chi connectivity index (χ0v) is 16.0. The molecule has 0 radical (unpaired) electrons. The molecule has 0 aliphatic heterocycles. The first-order chi connectivity index (χ1) is 10.7. The molecule has 0 unspecified atom stereocenters. The highest BCUT2D eigenvalue weighted by molar-refractivity contribution is 7.99. The van der Waals surface area contributed by atoms with Crippen molar-refractivity contribution in [1.82, 2.24) is 0 Å². The van der Waals surface area contributed by atoms with Crippen molar-refractivity contribution in [2.75, 3.05) is 25.2 Å². The molecule has 0 spiro atoms. The SMILES string of the molecule is CCOS(=O)(=O)OS(=O)(=O)OCCCCCS(=O)(=O)OS(C)(=O)=O. The molecule has 146 valence electrons. The monoisotopic (exact) mass is 434 g/mol. The maximum Gasteiger partial charge on any atom is 0.416 e. The van der Waals surface area contributed by atoms with Crippen molar-refractivity contribution in [3.63, 3.8) is 0 Å². The Balaban J connectivity index is 4.15. The summed E-state index contributed by atoms with van der Waals surface area (Å²) in [5.74, 6) is -0.595. The highest BCUT2D eigenvalue weighted by atomic mass is 32.3. The predicted octanol–water partition coefficient (Wildman–Crippen LogP) is -0.978. The number of rotatable bonds is 13. The van der Waals surface area contributed by atoms with Crippen LogP contribution in [0.3, 0.4) is 0 Å². The van der Waals surface area contributed by atoms with Crippen molar-refractivity contribution in [2.45, 2.75) is 26.2 Å². The molecule has 0 saturated carbocycles. The van der Waals surface area contributed by atoms with Crippen molar-refractivity contribution in [2.24, 2.45) is 0 Å². The minimum atomic E-state index is -4.84. The van der Waals surface area contributed by atoms with Crippen LogP contribution in [0.4, 0.5) is 0 Å². The first-order valence-electron chi connectivity index (χ1n) is 6.31. The lowest BCUT2D eigenvalue weighted by Gasteiger charge is -2.06. The second kappa shape index (κ2) is 9.37. The van der Waals surface area contributed by atoms with Gasteiger partial charge in [-0.15, -0.1) is 7.26 Å². The van der Waals surface area contributed by atoms with Crippen LogP contribution >= 0.6 is 0 Å². The lowest BCUT2D eigenvalue weighted by molar-refractivity contribution is 0.241. The maximum atomic E-state index is 11.2. The molecule has 0 bridgehead atoms. The van der Waals surface area contributed by atoms with Crippen LogP contribution in [0.25, 0.3) is 0 Å². The number of unbranched alkanes of at least 4 members (excludes halogenated alkanes) is 2. The third-order valence-corrected chi connectivity index (χ3v) is 6.84. The highest BCUT2D eigenvalue weighted by Gasteiger charge is 2.24. The Bertz CT molecular complexity index is 789. The van der Waals surface area contributed by atoms with Crippen molar-refractivity contribution in [3.8, 4) is 0 Å². The molecule has 0 atom stereocenters. The van der Waals surface area contributed by atoms with Crippen LogP contribution in [0.2, 0.25) is 0 Å². The zero-order chi connectivity index (χ0) is 19.1. The van der Waals surface area contributed by atoms with Gasteiger partial charge in [0.05, 0.1) is 25.2 Å². The molecule has 24 heavy (non-hydrogen) atoms. The molecule has 16 heteroatoms. The summed E-state index contributed by atoms with van der Waals surface area (Å²) in [4.78, 5) is 0. The second-order valence-electron chi connectivity index (χ2n) is 4.21. The van der Waals surface area contributed by atoms with Crippen LogP contribution in [0.1, 0.15) is 26.2 Å². The topological polar surface area (TPSA) is 173 Å². The van der Waals surface area contributed by atoms with E-state index in [0.29, 0.717) is 6.26 Å². The fraction of sp³-hybridized carbons (Fsp3) is 1.00. The fourth-order valence-corrected chi connectivity index (χ4v) is 5.30. The molecule has 0 aromatic rings. The van der Waals surface area contributed by atoms with Gasteiger partial charge in [0.25, 0.3) is 20.2 Å². The van der Waals surface area contributed by atoms with Crippen LogP contribution in [0, 0.1) is 0 Å². The van der Waals surface area contributed by atoms with E-state index >= 15 is 0 Å². The second-order valence-corrected chi connectivity index (χ2v) is 10.3. The molecule has 0 saturated heterocycles. The summed E-state index contributed by atoms with van der Waals surface area (Å²) in [5.41, 5.74) is 0. The fourth-order valence-electron chi connectivity index (χ4n) is 1.23. The van der Waals surface area contributed by atoms with Gasteiger partial charge in [-0.05, 0) is 19.8 Å². The van der Waals surface area contributed by atoms with Gasteiger partial charge >= 0.3 is 20.8 Å². The van der Waals surface area contributed by atoms with Gasteiger partial charge in [0.2, 0.25) is 0 Å². The first-order valence-corrected chi connectivity index (χ1v) is 12.4. The molecule has 0 aliphatic carbocycles. The molecule has 0 aromatic heterocycles. The van der Waals surface area contributed by atoms with Crippen molar-refractivity contribution in [3.05, 3.63) is 0 Å². The van der Waals surface area contributed by atoms with E-state index in [2.05, 4.69) is 15.6 Å². The molecular weight excluding hydrogens is 416 g/mol. The van der Waals surface area contributed by atoms with Crippen molar-refractivity contribution >= 4 is 41.0 Å². The van der Waals surface area contributed by atoms with E-state index in [9.17, 15) is 33.7 Å². The lowest BCUT2D eigenvalue weighted by Crippen LogP contribution is -2.19. The zero-order valence-electron chi connectivity index (χ0n) is 12.8. The third kappa shape index (κ3) is 13.0. The minimum Gasteiger partial charge on any atom is -0.248 e. The van der Waals surface area contributed by atoms with E-state index in [0.717, 1.165) is 0 Å². The van der Waals surface area contributed by atoms with E-state index < -0.39 is 53.4 Å². The van der Waals surface area contributed by atoms with Gasteiger partial charge in [-0.2, -0.15) is 33.7 Å². The molecule has 12 nitrogen and oxygen atoms in total. The Labute approximate surface area is 142 Å². The normalized spacial score (nSPS) is 13.9. The molecule has 0 amide bonds. The quantitative estimate of drug-likeness (QED) is 0.325. The number of hydrogen-bond donors (Lipinski definition) is 0. The van der Waals surface area contributed by atoms with Gasteiger partial charge in [-0.3, -0.25) is 0 Å². The summed E-state index contributed by atoms with van der Waals surface area (Å²) in [6.07, 6.45) is 0.727. The van der Waals surface area contributed by atoms with Crippen molar-refractivity contribution < 1.29 is 49.3 Å². The molecule has 0 fully saturated rings. The average molecular weight is 434 g/mol. The molecule has 0 rings (SSSR count). The van der Waals surface area contributed by atoms with Crippen LogP contribution in [-0.4, -0.2) is 58.9 Å². The van der Waals surface area contributed by atoms with Crippen molar-refractivity contribution in [1.29, 1.82) is 0 Å². The Hall–Kier alpha value is -0.360. The Kier molecular flexibility index (Phi) is 9.23. The van der Waals surface area contributed by atoms with Crippen LogP contribution < -0.4 is 0 Å². The van der Waals surface area contributed by atoms with Crippen LogP contribution in [0.5, 0.6) is 0 Å². The third-order valence-electron chi connectivity index (χ3n) is 1.92. The smallest absolute Gasteiger partial charge is 0.248 e. The summed E-state index contributed by atoms with van der Waals surface area (Å²) >= 11 is 0. The van der Waals surface area contributed by atoms with Gasteiger partial charge < -0.3 is 0 Å². The highest BCUT2D eigenvalue weighted by Crippen LogP contribution is 2.08. The first kappa shape index (κ1) is 23.6. The van der Waals surface area contributed by atoms with Crippen LogP contribution in [-0.2, 0) is 56.7 Å². The van der Waals surface area contributed by atoms with Gasteiger partial charge in [0.1, 0.15) is 0 Å². The lowest BCUT2D eigenvalue weighted by atomic mass is 10.3. The molecule has 0 aliphatic rings. The predicted molar refractivity (Wildman–Crippen MR) is 80.1 cm³/mol. The average Bonchev–Trinajstić information content (AvgIpc) is 2.28. The Morgan fingerprint density at radius 2 is 1.25 bits per heavy atom. The Morgan fingerprint density at radius 1 is 0.708 bits per heavy atom. The Morgan fingerprint density at radius 3 is 1.75 bits per heavy atom. The summed E-state index contributed by atoms with van der Waals surface area (Å²) < 4.78 is 104. The van der Waals surface area contributed by atoms with E-state index in [-0.39, 0.29) is 25.9 Å².